The minimum atomic E-state index is -3.49. The van der Waals surface area contributed by atoms with Crippen LogP contribution in [0.3, 0.4) is 0 Å². The number of benzene rings is 2. The van der Waals surface area contributed by atoms with E-state index in [2.05, 4.69) is 20.7 Å². The van der Waals surface area contributed by atoms with Gasteiger partial charge in [0.1, 0.15) is 0 Å². The van der Waals surface area contributed by atoms with Crippen molar-refractivity contribution in [2.24, 2.45) is 0 Å². The number of hydrogen-bond acceptors (Lipinski definition) is 3. The topological polar surface area (TPSA) is 49.4 Å². The van der Waals surface area contributed by atoms with Crippen LogP contribution in [-0.2, 0) is 10.0 Å². The van der Waals surface area contributed by atoms with Crippen LogP contribution < -0.4 is 9.62 Å². The molecule has 21 heavy (non-hydrogen) atoms. The zero-order chi connectivity index (χ0) is 15.3. The average molecular weight is 369 g/mol. The lowest BCUT2D eigenvalue weighted by Gasteiger charge is -2.19. The Labute approximate surface area is 134 Å². The van der Waals surface area contributed by atoms with Crippen molar-refractivity contribution in [2.75, 3.05) is 25.0 Å². The standard InChI is InChI=1S/C15H17BrN2O2S/c1-18(13-7-3-2-4-8-13)12-11-17-21(19,20)15-10-6-5-9-14(15)16/h2-10,17H,11-12H2,1H3. The minimum absolute atomic E-state index is 0.257. The van der Waals surface area contributed by atoms with E-state index >= 15 is 0 Å². The molecule has 2 rings (SSSR count). The third kappa shape index (κ3) is 4.30. The Morgan fingerprint density at radius 1 is 1.05 bits per heavy atom. The number of hydrogen-bond donors (Lipinski definition) is 1. The van der Waals surface area contributed by atoms with E-state index in [-0.39, 0.29) is 4.90 Å². The van der Waals surface area contributed by atoms with Crippen LogP contribution in [0.2, 0.25) is 0 Å². The summed E-state index contributed by atoms with van der Waals surface area (Å²) in [5.41, 5.74) is 1.05. The van der Waals surface area contributed by atoms with Gasteiger partial charge in [-0.3, -0.25) is 0 Å². The molecule has 4 nitrogen and oxygen atoms in total. The van der Waals surface area contributed by atoms with Gasteiger partial charge in [0.15, 0.2) is 0 Å². The van der Waals surface area contributed by atoms with Gasteiger partial charge in [0.05, 0.1) is 4.90 Å². The number of halogens is 1. The molecule has 0 radical (unpaired) electrons. The predicted molar refractivity (Wildman–Crippen MR) is 89.0 cm³/mol. The number of sulfonamides is 1. The summed E-state index contributed by atoms with van der Waals surface area (Å²) < 4.78 is 27.6. The van der Waals surface area contributed by atoms with Gasteiger partial charge in [0.2, 0.25) is 10.0 Å². The van der Waals surface area contributed by atoms with Crippen LogP contribution in [0.5, 0.6) is 0 Å². The molecule has 0 heterocycles. The third-order valence-electron chi connectivity index (χ3n) is 3.06. The van der Waals surface area contributed by atoms with Gasteiger partial charge < -0.3 is 4.90 Å². The minimum Gasteiger partial charge on any atom is -0.373 e. The van der Waals surface area contributed by atoms with E-state index in [4.69, 9.17) is 0 Å². The van der Waals surface area contributed by atoms with Gasteiger partial charge in [-0.05, 0) is 40.2 Å². The normalized spacial score (nSPS) is 11.3. The largest absolute Gasteiger partial charge is 0.373 e. The van der Waals surface area contributed by atoms with Crippen LogP contribution in [0, 0.1) is 0 Å². The van der Waals surface area contributed by atoms with E-state index in [1.165, 1.54) is 0 Å². The van der Waals surface area contributed by atoms with Gasteiger partial charge in [0, 0.05) is 30.3 Å². The number of para-hydroxylation sites is 1. The monoisotopic (exact) mass is 368 g/mol. The summed E-state index contributed by atoms with van der Waals surface area (Å²) in [7, 11) is -1.56. The first-order valence-corrected chi connectivity index (χ1v) is 8.79. The van der Waals surface area contributed by atoms with E-state index in [1.54, 1.807) is 24.3 Å². The second kappa shape index (κ2) is 7.06. The fraction of sp³-hybridized carbons (Fsp3) is 0.200. The number of nitrogens with zero attached hydrogens (tertiary/aromatic N) is 1. The lowest BCUT2D eigenvalue weighted by Crippen LogP contribution is -2.33. The summed E-state index contributed by atoms with van der Waals surface area (Å²) in [5, 5.41) is 0. The summed E-state index contributed by atoms with van der Waals surface area (Å²) in [5.74, 6) is 0. The fourth-order valence-electron chi connectivity index (χ4n) is 1.90. The maximum Gasteiger partial charge on any atom is 0.241 e. The molecule has 112 valence electrons. The SMILES string of the molecule is CN(CCNS(=O)(=O)c1ccccc1Br)c1ccccc1. The molecule has 0 saturated heterocycles. The molecule has 1 N–H and O–H groups in total. The van der Waals surface area contributed by atoms with Crippen LogP contribution in [0.15, 0.2) is 64.0 Å². The zero-order valence-corrected chi connectivity index (χ0v) is 14.1. The summed E-state index contributed by atoms with van der Waals surface area (Å²) in [6.45, 7) is 0.933. The molecular formula is C15H17BrN2O2S. The van der Waals surface area contributed by atoms with Crippen LogP contribution in [0.1, 0.15) is 0 Å². The van der Waals surface area contributed by atoms with Crippen LogP contribution in [0.25, 0.3) is 0 Å². The highest BCUT2D eigenvalue weighted by atomic mass is 79.9. The Bertz CT molecular complexity index is 690. The number of anilines is 1. The van der Waals surface area contributed by atoms with Crippen molar-refractivity contribution < 1.29 is 8.42 Å². The lowest BCUT2D eigenvalue weighted by molar-refractivity contribution is 0.581. The zero-order valence-electron chi connectivity index (χ0n) is 11.7. The molecule has 0 aliphatic carbocycles. The van der Waals surface area contributed by atoms with Crippen LogP contribution >= 0.6 is 15.9 Å². The first kappa shape index (κ1) is 16.0. The van der Waals surface area contributed by atoms with Gasteiger partial charge in [-0.2, -0.15) is 0 Å². The van der Waals surface area contributed by atoms with E-state index in [0.29, 0.717) is 17.6 Å². The van der Waals surface area contributed by atoms with Crippen molar-refractivity contribution in [1.29, 1.82) is 0 Å². The highest BCUT2D eigenvalue weighted by Gasteiger charge is 2.16. The molecule has 2 aromatic rings. The molecular weight excluding hydrogens is 352 g/mol. The molecule has 0 amide bonds. The highest BCUT2D eigenvalue weighted by Crippen LogP contribution is 2.20. The Hall–Kier alpha value is -1.37. The molecule has 6 heteroatoms. The van der Waals surface area contributed by atoms with Crippen molar-refractivity contribution in [3.8, 4) is 0 Å². The van der Waals surface area contributed by atoms with E-state index < -0.39 is 10.0 Å². The summed E-state index contributed by atoms with van der Waals surface area (Å²) in [4.78, 5) is 2.26. The number of likely N-dealkylation sites (N-methyl/N-ethyl adjacent to an activating group) is 1. The number of rotatable bonds is 6. The van der Waals surface area contributed by atoms with Gasteiger partial charge >= 0.3 is 0 Å². The van der Waals surface area contributed by atoms with Crippen molar-refractivity contribution >= 4 is 31.6 Å². The molecule has 0 atom stereocenters. The van der Waals surface area contributed by atoms with Gasteiger partial charge in [-0.15, -0.1) is 0 Å². The average Bonchev–Trinajstić information content (AvgIpc) is 2.48. The number of nitrogens with one attached hydrogen (secondary N) is 1. The highest BCUT2D eigenvalue weighted by molar-refractivity contribution is 9.10. The molecule has 2 aromatic carbocycles. The lowest BCUT2D eigenvalue weighted by atomic mass is 10.3. The van der Waals surface area contributed by atoms with Crippen molar-refractivity contribution in [2.45, 2.75) is 4.90 Å². The molecule has 0 spiro atoms. The van der Waals surface area contributed by atoms with Crippen molar-refractivity contribution in [1.82, 2.24) is 4.72 Å². The molecule has 0 saturated carbocycles. The van der Waals surface area contributed by atoms with E-state index in [1.807, 2.05) is 42.3 Å². The molecule has 0 unspecified atom stereocenters. The Kier molecular flexibility index (Phi) is 5.39. The first-order valence-electron chi connectivity index (χ1n) is 6.51. The first-order chi connectivity index (χ1) is 10.0. The Morgan fingerprint density at radius 2 is 1.67 bits per heavy atom. The van der Waals surface area contributed by atoms with Crippen LogP contribution in [-0.4, -0.2) is 28.6 Å². The smallest absolute Gasteiger partial charge is 0.241 e. The molecule has 0 aliphatic rings. The summed E-state index contributed by atoms with van der Waals surface area (Å²) in [6.07, 6.45) is 0. The molecule has 0 fully saturated rings. The predicted octanol–water partition coefficient (Wildman–Crippen LogP) is 2.86. The Morgan fingerprint density at radius 3 is 2.33 bits per heavy atom. The third-order valence-corrected chi connectivity index (χ3v) is 5.54. The van der Waals surface area contributed by atoms with E-state index in [9.17, 15) is 8.42 Å². The second-order valence-electron chi connectivity index (χ2n) is 4.59. The van der Waals surface area contributed by atoms with Gasteiger partial charge in [0.25, 0.3) is 0 Å². The van der Waals surface area contributed by atoms with Crippen molar-refractivity contribution in [3.63, 3.8) is 0 Å². The summed E-state index contributed by atoms with van der Waals surface area (Å²) in [6, 6.07) is 16.6. The fourth-order valence-corrected chi connectivity index (χ4v) is 3.92. The quantitative estimate of drug-likeness (QED) is 0.852. The van der Waals surface area contributed by atoms with Gasteiger partial charge in [-0.1, -0.05) is 30.3 Å². The molecule has 0 bridgehead atoms. The maximum atomic E-state index is 12.2. The Balaban J connectivity index is 1.96. The molecule has 0 aromatic heterocycles. The van der Waals surface area contributed by atoms with Crippen LogP contribution in [0.4, 0.5) is 5.69 Å². The summed E-state index contributed by atoms with van der Waals surface area (Å²) >= 11 is 3.26. The molecule has 0 aliphatic heterocycles. The van der Waals surface area contributed by atoms with Crippen molar-refractivity contribution in [3.05, 3.63) is 59.1 Å². The maximum absolute atomic E-state index is 12.2. The van der Waals surface area contributed by atoms with Gasteiger partial charge in [-0.25, -0.2) is 13.1 Å². The second-order valence-corrected chi connectivity index (χ2v) is 7.18. The van der Waals surface area contributed by atoms with E-state index in [0.717, 1.165) is 5.69 Å².